The number of hydrogen-bond acceptors (Lipinski definition) is 15. The summed E-state index contributed by atoms with van der Waals surface area (Å²) in [4.78, 5) is 41.2. The molecule has 134 valence electrons. The Balaban J connectivity index is -0.0000000197. The van der Waals surface area contributed by atoms with E-state index in [9.17, 15) is 0 Å². The predicted molar refractivity (Wildman–Crippen MR) is 57.8 cm³/mol. The molecule has 21 nitrogen and oxygen atoms in total. The fraction of sp³-hybridized carbons (Fsp3) is 0. The van der Waals surface area contributed by atoms with Gasteiger partial charge in [-0.15, -0.1) is 0 Å². The van der Waals surface area contributed by atoms with Gasteiger partial charge in [-0.1, -0.05) is 0 Å². The summed E-state index contributed by atoms with van der Waals surface area (Å²) in [6.07, 6.45) is 0. The Hall–Kier alpha value is -2.42. The van der Waals surface area contributed by atoms with Gasteiger partial charge < -0.3 is 82.8 Å². The summed E-state index contributed by atoms with van der Waals surface area (Å²) >= 11 is 0. The topological polar surface area (TPSA) is 367 Å². The maximum atomic E-state index is 8.25. The summed E-state index contributed by atoms with van der Waals surface area (Å²) in [5.41, 5.74) is 0. The largest absolute Gasteiger partial charge is 3.00 e. The van der Waals surface area contributed by atoms with Gasteiger partial charge in [-0.05, 0) is 0 Å². The third kappa shape index (κ3) is 1040. The van der Waals surface area contributed by atoms with E-state index in [1.807, 2.05) is 0 Å². The second-order valence-corrected chi connectivity index (χ2v) is 1.12. The van der Waals surface area contributed by atoms with E-state index < -0.39 is 25.4 Å². The fourth-order valence-corrected chi connectivity index (χ4v) is 0. The molecule has 0 radical (unpaired) electrons. The maximum Gasteiger partial charge on any atom is 3.00 e. The molecule has 0 unspecified atom stereocenters. The summed E-state index contributed by atoms with van der Waals surface area (Å²) in [6, 6.07) is 0. The SMILES string of the molecule is O=[N+]([O-])[O-].O=[N+]([O-])[O-].O=[N+]([O-])[O-].O=[N+]([O-])[O-].O=[N+]([O-])[O-].[NH4+].[Na+].[Rh+3]. The molecule has 0 rings (SSSR count). The first-order valence-corrected chi connectivity index (χ1v) is 2.74. The molecule has 0 saturated carbocycles. The van der Waals surface area contributed by atoms with Gasteiger partial charge in [0, 0.05) is 0 Å². The van der Waals surface area contributed by atoms with E-state index in [-0.39, 0.29) is 55.2 Å². The second kappa shape index (κ2) is 42.7. The van der Waals surface area contributed by atoms with Gasteiger partial charge in [0.25, 0.3) is 0 Å². The Morgan fingerprint density at radius 1 is 0.391 bits per heavy atom. The van der Waals surface area contributed by atoms with Gasteiger partial charge in [0.05, 0.1) is 25.4 Å². The van der Waals surface area contributed by atoms with Crippen LogP contribution in [0, 0.1) is 76.6 Å². The Bertz CT molecular complexity index is 215. The average Bonchev–Trinajstić information content (AvgIpc) is 1.94. The van der Waals surface area contributed by atoms with Crippen molar-refractivity contribution < 1.29 is 74.5 Å². The molecule has 23 heteroatoms. The molecule has 0 heterocycles. The van der Waals surface area contributed by atoms with Crippen molar-refractivity contribution in [2.24, 2.45) is 0 Å². The molecule has 0 fully saturated rings. The average molecular weight is 454 g/mol. The molecule has 0 saturated heterocycles. The van der Waals surface area contributed by atoms with Crippen molar-refractivity contribution in [1.82, 2.24) is 6.15 Å². The van der Waals surface area contributed by atoms with Crippen molar-refractivity contribution in [3.63, 3.8) is 0 Å². The molecule has 0 amide bonds. The third-order valence-electron chi connectivity index (χ3n) is 0. The van der Waals surface area contributed by atoms with Crippen LogP contribution < -0.4 is 35.7 Å². The zero-order chi connectivity index (χ0) is 17.9. The van der Waals surface area contributed by atoms with Crippen molar-refractivity contribution in [2.75, 3.05) is 0 Å². The smallest absolute Gasteiger partial charge is 0.369 e. The standard InChI is InChI=1S/5NO3.H3N.Na.Rh/c5*2-1(3)4;;;/h;;;;;1H3;;/q5*-1;;+1;+3/p+1. The zero-order valence-corrected chi connectivity index (χ0v) is 14.3. The van der Waals surface area contributed by atoms with Gasteiger partial charge in [0.2, 0.25) is 0 Å². The minimum absolute atomic E-state index is 0. The van der Waals surface area contributed by atoms with Crippen LogP contribution in [-0.4, -0.2) is 25.4 Å². The summed E-state index contributed by atoms with van der Waals surface area (Å²) in [5.74, 6) is 0. The van der Waals surface area contributed by atoms with Crippen molar-refractivity contribution in [3.05, 3.63) is 76.6 Å². The Labute approximate surface area is 157 Å². The van der Waals surface area contributed by atoms with Crippen LogP contribution in [0.1, 0.15) is 0 Å². The van der Waals surface area contributed by atoms with E-state index in [2.05, 4.69) is 0 Å². The zero-order valence-electron chi connectivity index (χ0n) is 10.7. The Morgan fingerprint density at radius 3 is 0.391 bits per heavy atom. The van der Waals surface area contributed by atoms with Crippen LogP contribution in [0.3, 0.4) is 0 Å². The molecular formula is H4N6NaO15Rh. The molecule has 0 aromatic carbocycles. The van der Waals surface area contributed by atoms with Crippen LogP contribution in [0.25, 0.3) is 0 Å². The van der Waals surface area contributed by atoms with Gasteiger partial charge >= 0.3 is 49.0 Å². The third-order valence-corrected chi connectivity index (χ3v) is 0. The van der Waals surface area contributed by atoms with Crippen molar-refractivity contribution >= 4 is 0 Å². The number of hydrogen-bond donors (Lipinski definition) is 1. The summed E-state index contributed by atoms with van der Waals surface area (Å²) < 4.78 is 0. The van der Waals surface area contributed by atoms with Gasteiger partial charge in [-0.3, -0.25) is 0 Å². The van der Waals surface area contributed by atoms with Crippen molar-refractivity contribution in [3.8, 4) is 0 Å². The van der Waals surface area contributed by atoms with Gasteiger partial charge in [0.1, 0.15) is 0 Å². The molecule has 23 heavy (non-hydrogen) atoms. The molecule has 0 aliphatic rings. The molecule has 0 aliphatic heterocycles. The van der Waals surface area contributed by atoms with E-state index in [0.29, 0.717) is 0 Å². The van der Waals surface area contributed by atoms with E-state index in [1.165, 1.54) is 0 Å². The second-order valence-electron chi connectivity index (χ2n) is 1.12. The molecular weight excluding hydrogens is 450 g/mol. The molecule has 4 N–H and O–H groups in total. The fourth-order valence-electron chi connectivity index (χ4n) is 0. The minimum Gasteiger partial charge on any atom is -0.369 e. The monoisotopic (exact) mass is 454 g/mol. The molecule has 0 spiro atoms. The van der Waals surface area contributed by atoms with Crippen LogP contribution >= 0.6 is 0 Å². The van der Waals surface area contributed by atoms with E-state index in [0.717, 1.165) is 0 Å². The number of quaternary nitrogens is 1. The minimum atomic E-state index is -1.75. The molecule has 0 atom stereocenters. The van der Waals surface area contributed by atoms with Crippen LogP contribution in [0.15, 0.2) is 0 Å². The first-order valence-electron chi connectivity index (χ1n) is 2.74. The van der Waals surface area contributed by atoms with Gasteiger partial charge in [-0.25, -0.2) is 0 Å². The van der Waals surface area contributed by atoms with E-state index >= 15 is 0 Å². The van der Waals surface area contributed by atoms with Crippen LogP contribution in [-0.2, 0) is 19.5 Å². The summed E-state index contributed by atoms with van der Waals surface area (Å²) in [6.45, 7) is 0. The Kier molecular flexibility index (Phi) is 92.6. The quantitative estimate of drug-likeness (QED) is 0.208. The van der Waals surface area contributed by atoms with Gasteiger partial charge in [0.15, 0.2) is 0 Å². The van der Waals surface area contributed by atoms with E-state index in [1.54, 1.807) is 0 Å². The molecule has 0 aromatic rings. The summed E-state index contributed by atoms with van der Waals surface area (Å²) in [7, 11) is 0. The van der Waals surface area contributed by atoms with Crippen LogP contribution in [0.2, 0.25) is 0 Å². The Morgan fingerprint density at radius 2 is 0.391 bits per heavy atom. The summed E-state index contributed by atoms with van der Waals surface area (Å²) in [5, 5.41) is 73.8. The normalized spacial score (nSPS) is 5.22. The predicted octanol–water partition coefficient (Wildman–Crippen LogP) is -3.82. The molecule has 0 bridgehead atoms. The van der Waals surface area contributed by atoms with Gasteiger partial charge in [-0.2, -0.15) is 0 Å². The first-order chi connectivity index (χ1) is 8.66. The number of rotatable bonds is 0. The van der Waals surface area contributed by atoms with Crippen molar-refractivity contribution in [1.29, 1.82) is 0 Å². The van der Waals surface area contributed by atoms with Crippen molar-refractivity contribution in [2.45, 2.75) is 0 Å². The van der Waals surface area contributed by atoms with Crippen LogP contribution in [0.5, 0.6) is 0 Å². The first kappa shape index (κ1) is 49.9. The molecule has 0 aliphatic carbocycles. The maximum absolute atomic E-state index is 8.25. The van der Waals surface area contributed by atoms with E-state index in [4.69, 9.17) is 76.6 Å². The molecule has 0 aromatic heterocycles. The van der Waals surface area contributed by atoms with Crippen LogP contribution in [0.4, 0.5) is 0 Å². The number of nitrogens with zero attached hydrogens (tertiary/aromatic N) is 5.